The van der Waals surface area contributed by atoms with Crippen LogP contribution in [0.5, 0.6) is 17.2 Å². The minimum absolute atomic E-state index is 0.0623. The number of halogens is 5. The maximum absolute atomic E-state index is 14.1. The van der Waals surface area contributed by atoms with Crippen LogP contribution in [0.15, 0.2) is 18.3 Å². The van der Waals surface area contributed by atoms with Gasteiger partial charge < -0.3 is 18.8 Å². The van der Waals surface area contributed by atoms with Crippen LogP contribution in [0.1, 0.15) is 39.0 Å². The zero-order chi connectivity index (χ0) is 23.4. The van der Waals surface area contributed by atoms with Gasteiger partial charge in [-0.05, 0) is 52.3 Å². The Morgan fingerprint density at radius 2 is 1.58 bits per heavy atom. The van der Waals surface area contributed by atoms with Crippen molar-refractivity contribution in [3.63, 3.8) is 0 Å². The molecule has 1 aromatic heterocycles. The van der Waals surface area contributed by atoms with Gasteiger partial charge in [-0.15, -0.1) is 0 Å². The molecule has 0 bridgehead atoms. The Bertz CT molecular complexity index is 994. The molecule has 0 radical (unpaired) electrons. The first-order valence-electron chi connectivity index (χ1n) is 9.32. The lowest BCUT2D eigenvalue weighted by Gasteiger charge is -2.32. The molecular weight excluding hydrogens is 424 g/mol. The van der Waals surface area contributed by atoms with Gasteiger partial charge in [-0.25, -0.2) is 9.37 Å². The third-order valence-corrected chi connectivity index (χ3v) is 5.53. The van der Waals surface area contributed by atoms with E-state index in [1.807, 2.05) is 0 Å². The summed E-state index contributed by atoms with van der Waals surface area (Å²) in [6, 6.07) is 1.91. The second kappa shape index (κ2) is 7.63. The van der Waals surface area contributed by atoms with Gasteiger partial charge in [0.1, 0.15) is 11.4 Å². The molecule has 2 heterocycles. The second-order valence-corrected chi connectivity index (χ2v) is 8.09. The molecule has 1 fully saturated rings. The molecule has 0 unspecified atom stereocenters. The summed E-state index contributed by atoms with van der Waals surface area (Å²) in [5.41, 5.74) is -3.16. The normalized spacial score (nSPS) is 17.7. The van der Waals surface area contributed by atoms with Crippen LogP contribution in [0.2, 0.25) is 0 Å². The number of pyridine rings is 1. The Morgan fingerprint density at radius 1 is 1.00 bits per heavy atom. The molecule has 0 spiro atoms. The Labute approximate surface area is 176 Å². The molecule has 5 nitrogen and oxygen atoms in total. The highest BCUT2D eigenvalue weighted by molar-refractivity contribution is 6.63. The summed E-state index contributed by atoms with van der Waals surface area (Å²) in [4.78, 5) is 3.48. The summed E-state index contributed by atoms with van der Waals surface area (Å²) in [6.45, 7) is 8.19. The van der Waals surface area contributed by atoms with Crippen molar-refractivity contribution >= 4 is 12.6 Å². The molecule has 1 saturated heterocycles. The van der Waals surface area contributed by atoms with Crippen molar-refractivity contribution in [3.05, 3.63) is 41.2 Å². The first-order valence-corrected chi connectivity index (χ1v) is 9.32. The van der Waals surface area contributed by atoms with E-state index in [-0.39, 0.29) is 22.5 Å². The van der Waals surface area contributed by atoms with E-state index in [9.17, 15) is 22.0 Å². The minimum Gasteiger partial charge on any atom is -0.490 e. The monoisotopic (exact) mass is 445 g/mol. The Balaban J connectivity index is 2.16. The van der Waals surface area contributed by atoms with Crippen LogP contribution in [0, 0.1) is 18.6 Å². The van der Waals surface area contributed by atoms with Crippen LogP contribution in [-0.2, 0) is 15.5 Å². The lowest BCUT2D eigenvalue weighted by atomic mass is 9.75. The van der Waals surface area contributed by atoms with Crippen LogP contribution >= 0.6 is 0 Å². The van der Waals surface area contributed by atoms with Crippen LogP contribution < -0.4 is 14.9 Å². The maximum Gasteiger partial charge on any atom is 0.499 e. The zero-order valence-electron chi connectivity index (χ0n) is 17.8. The summed E-state index contributed by atoms with van der Waals surface area (Å²) < 4.78 is 90.4. The number of nitrogens with zero attached hydrogens (tertiary/aromatic N) is 1. The molecule has 0 amide bonds. The predicted octanol–water partition coefficient (Wildman–Crippen LogP) is 4.79. The topological polar surface area (TPSA) is 49.8 Å². The number of hydrogen-bond donors (Lipinski definition) is 0. The molecule has 1 aliphatic heterocycles. The number of benzene rings is 1. The van der Waals surface area contributed by atoms with E-state index in [1.54, 1.807) is 27.7 Å². The van der Waals surface area contributed by atoms with Gasteiger partial charge in [0.25, 0.3) is 0 Å². The fourth-order valence-corrected chi connectivity index (χ4v) is 3.13. The van der Waals surface area contributed by atoms with Gasteiger partial charge in [-0.3, -0.25) is 0 Å². The minimum atomic E-state index is -4.74. The summed E-state index contributed by atoms with van der Waals surface area (Å²) in [5, 5.41) is 0. The summed E-state index contributed by atoms with van der Waals surface area (Å²) >= 11 is 0. The van der Waals surface area contributed by atoms with Gasteiger partial charge in [0.15, 0.2) is 11.6 Å². The molecule has 0 aliphatic carbocycles. The molecular formula is C20H21BF5NO4. The molecule has 1 aromatic carbocycles. The largest absolute Gasteiger partial charge is 0.499 e. The first-order chi connectivity index (χ1) is 14.2. The number of methoxy groups -OCH3 is 1. The highest BCUT2D eigenvalue weighted by Gasteiger charge is 2.54. The number of hydrogen-bond acceptors (Lipinski definition) is 5. The molecule has 3 rings (SSSR count). The van der Waals surface area contributed by atoms with E-state index in [0.717, 1.165) is 25.4 Å². The number of alkyl halides is 3. The Hall–Kier alpha value is -2.40. The van der Waals surface area contributed by atoms with Gasteiger partial charge in [-0.1, -0.05) is 0 Å². The van der Waals surface area contributed by atoms with Gasteiger partial charge in [0, 0.05) is 5.46 Å². The number of rotatable bonds is 4. The SMILES string of the molecule is COc1c(Oc2cnc(C(F)(F)F)c(C)c2B2OC(C)(C)C(C)(C)O2)ccc(F)c1F. The molecule has 2 aromatic rings. The predicted molar refractivity (Wildman–Crippen MR) is 103 cm³/mol. The van der Waals surface area contributed by atoms with Gasteiger partial charge in [0.2, 0.25) is 11.6 Å². The Morgan fingerprint density at radius 3 is 2.10 bits per heavy atom. The first kappa shape index (κ1) is 23.3. The number of ether oxygens (including phenoxy) is 2. The average Bonchev–Trinajstić information content (AvgIpc) is 2.84. The van der Waals surface area contributed by atoms with Gasteiger partial charge in [-0.2, -0.15) is 17.6 Å². The van der Waals surface area contributed by atoms with Gasteiger partial charge in [0.05, 0.1) is 24.5 Å². The quantitative estimate of drug-likeness (QED) is 0.501. The van der Waals surface area contributed by atoms with Crippen molar-refractivity contribution in [3.8, 4) is 17.2 Å². The van der Waals surface area contributed by atoms with E-state index in [0.29, 0.717) is 0 Å². The molecule has 1 aliphatic rings. The van der Waals surface area contributed by atoms with Crippen molar-refractivity contribution in [1.82, 2.24) is 4.98 Å². The van der Waals surface area contributed by atoms with Gasteiger partial charge >= 0.3 is 13.3 Å². The van der Waals surface area contributed by atoms with Crippen molar-refractivity contribution in [2.75, 3.05) is 7.11 Å². The second-order valence-electron chi connectivity index (χ2n) is 8.09. The summed E-state index contributed by atoms with van der Waals surface area (Å²) in [5.74, 6) is -3.43. The highest BCUT2D eigenvalue weighted by Crippen LogP contribution is 2.40. The lowest BCUT2D eigenvalue weighted by Crippen LogP contribution is -2.41. The highest BCUT2D eigenvalue weighted by atomic mass is 19.4. The third kappa shape index (κ3) is 4.08. The van der Waals surface area contributed by atoms with Crippen molar-refractivity contribution in [1.29, 1.82) is 0 Å². The molecule has 31 heavy (non-hydrogen) atoms. The molecule has 0 N–H and O–H groups in total. The summed E-state index contributed by atoms with van der Waals surface area (Å²) in [7, 11) is -0.115. The van der Waals surface area contributed by atoms with E-state index < -0.39 is 47.6 Å². The lowest BCUT2D eigenvalue weighted by molar-refractivity contribution is -0.141. The van der Waals surface area contributed by atoms with E-state index >= 15 is 0 Å². The standard InChI is InChI=1S/C20H21BF5NO4/c1-10-14(21-30-18(2,3)19(4,5)31-21)13(9-27-17(10)20(24,25)26)29-12-8-7-11(22)15(23)16(12)28-6/h7-9H,1-6H3. The molecule has 168 valence electrons. The average molecular weight is 445 g/mol. The molecule has 11 heteroatoms. The van der Waals surface area contributed by atoms with Crippen LogP contribution in [-0.4, -0.2) is 30.4 Å². The van der Waals surface area contributed by atoms with E-state index in [1.165, 1.54) is 6.92 Å². The van der Waals surface area contributed by atoms with E-state index in [4.69, 9.17) is 18.8 Å². The molecule has 0 atom stereocenters. The number of aromatic nitrogens is 1. The van der Waals surface area contributed by atoms with Crippen LogP contribution in [0.3, 0.4) is 0 Å². The third-order valence-electron chi connectivity index (χ3n) is 5.53. The van der Waals surface area contributed by atoms with Crippen molar-refractivity contribution < 1.29 is 40.7 Å². The van der Waals surface area contributed by atoms with Crippen molar-refractivity contribution in [2.24, 2.45) is 0 Å². The maximum atomic E-state index is 14.1. The zero-order valence-corrected chi connectivity index (χ0v) is 17.8. The fraction of sp³-hybridized carbons (Fsp3) is 0.450. The smallest absolute Gasteiger partial charge is 0.490 e. The van der Waals surface area contributed by atoms with E-state index in [2.05, 4.69) is 4.98 Å². The Kier molecular flexibility index (Phi) is 5.73. The van der Waals surface area contributed by atoms with Crippen molar-refractivity contribution in [2.45, 2.75) is 52.0 Å². The molecule has 0 saturated carbocycles. The summed E-state index contributed by atoms with van der Waals surface area (Å²) in [6.07, 6.45) is -3.89. The van der Waals surface area contributed by atoms with Crippen LogP contribution in [0.25, 0.3) is 0 Å². The van der Waals surface area contributed by atoms with Crippen LogP contribution in [0.4, 0.5) is 22.0 Å². The fourth-order valence-electron chi connectivity index (χ4n) is 3.13.